The van der Waals surface area contributed by atoms with Crippen molar-refractivity contribution in [2.24, 2.45) is 29.6 Å². The Kier molecular flexibility index (Phi) is 5.22. The lowest BCUT2D eigenvalue weighted by Gasteiger charge is -2.28. The van der Waals surface area contributed by atoms with Crippen molar-refractivity contribution in [2.75, 3.05) is 11.9 Å². The van der Waals surface area contributed by atoms with E-state index in [9.17, 15) is 19.2 Å². The van der Waals surface area contributed by atoms with E-state index in [-0.39, 0.29) is 41.4 Å². The number of carbonyl (C=O) groups is 4. The molecule has 1 N–H and O–H groups in total. The van der Waals surface area contributed by atoms with E-state index in [2.05, 4.69) is 5.32 Å². The maximum atomic E-state index is 13.0. The third-order valence-corrected chi connectivity index (χ3v) is 6.30. The molecule has 3 amide bonds. The molecule has 1 saturated heterocycles. The standard InChI is InChI=1S/C23H26N2O5/c1-12(2)20(23(29)30-11-17(26)24-16-6-4-5-13(3)9-16)25-21(27)18-14-7-8-15(10-14)19(18)22(25)28/h4-9,12,14-15,18-20H,10-11H2,1-3H3,(H,24,26)/t14-,15-,18-,19+,20-/m0/s1. The predicted molar refractivity (Wildman–Crippen MR) is 109 cm³/mol. The summed E-state index contributed by atoms with van der Waals surface area (Å²) in [6, 6.07) is 6.24. The van der Waals surface area contributed by atoms with Crippen molar-refractivity contribution in [1.82, 2.24) is 4.90 Å². The third kappa shape index (κ3) is 3.42. The second kappa shape index (κ2) is 7.70. The van der Waals surface area contributed by atoms with Gasteiger partial charge in [-0.05, 0) is 48.8 Å². The van der Waals surface area contributed by atoms with Crippen LogP contribution in [-0.4, -0.2) is 41.2 Å². The van der Waals surface area contributed by atoms with E-state index in [0.717, 1.165) is 16.9 Å². The Labute approximate surface area is 175 Å². The number of nitrogens with zero attached hydrogens (tertiary/aromatic N) is 1. The summed E-state index contributed by atoms with van der Waals surface area (Å²) in [6.07, 6.45) is 4.86. The summed E-state index contributed by atoms with van der Waals surface area (Å²) in [5.74, 6) is -2.70. The number of allylic oxidation sites excluding steroid dienone is 2. The molecule has 0 spiro atoms. The van der Waals surface area contributed by atoms with E-state index < -0.39 is 24.5 Å². The largest absolute Gasteiger partial charge is 0.454 e. The van der Waals surface area contributed by atoms with Gasteiger partial charge in [0, 0.05) is 5.69 Å². The number of esters is 1. The van der Waals surface area contributed by atoms with E-state index in [1.165, 1.54) is 0 Å². The summed E-state index contributed by atoms with van der Waals surface area (Å²) >= 11 is 0. The van der Waals surface area contributed by atoms with Crippen molar-refractivity contribution in [1.29, 1.82) is 0 Å². The zero-order valence-corrected chi connectivity index (χ0v) is 17.3. The van der Waals surface area contributed by atoms with E-state index in [1.54, 1.807) is 26.0 Å². The SMILES string of the molecule is Cc1cccc(NC(=O)COC(=O)[C@H](C(C)C)N2C(=O)[C@@H]3[C@H](C2=O)[C@H]2C=C[C@H]3C2)c1. The van der Waals surface area contributed by atoms with Gasteiger partial charge in [0.1, 0.15) is 6.04 Å². The van der Waals surface area contributed by atoms with Crippen LogP contribution in [0.25, 0.3) is 0 Å². The van der Waals surface area contributed by atoms with Crippen LogP contribution >= 0.6 is 0 Å². The number of ether oxygens (including phenoxy) is 1. The molecular formula is C23H26N2O5. The van der Waals surface area contributed by atoms with Crippen molar-refractivity contribution in [3.8, 4) is 0 Å². The molecular weight excluding hydrogens is 384 g/mol. The fourth-order valence-electron chi connectivity index (χ4n) is 5.02. The minimum atomic E-state index is -1.03. The van der Waals surface area contributed by atoms with Crippen molar-refractivity contribution in [3.63, 3.8) is 0 Å². The Hall–Kier alpha value is -2.96. The number of fused-ring (bicyclic) bond motifs is 5. The summed E-state index contributed by atoms with van der Waals surface area (Å²) in [5, 5.41) is 2.67. The fraction of sp³-hybridized carbons (Fsp3) is 0.478. The van der Waals surface area contributed by atoms with Crippen LogP contribution in [0, 0.1) is 36.5 Å². The van der Waals surface area contributed by atoms with E-state index in [4.69, 9.17) is 4.74 Å². The highest BCUT2D eigenvalue weighted by molar-refractivity contribution is 6.09. The van der Waals surface area contributed by atoms with Crippen LogP contribution in [0.3, 0.4) is 0 Å². The monoisotopic (exact) mass is 410 g/mol. The van der Waals surface area contributed by atoms with Crippen LogP contribution in [0.2, 0.25) is 0 Å². The number of benzene rings is 1. The maximum Gasteiger partial charge on any atom is 0.330 e. The first kappa shape index (κ1) is 20.3. The van der Waals surface area contributed by atoms with Gasteiger partial charge in [-0.1, -0.05) is 38.1 Å². The molecule has 158 valence electrons. The zero-order valence-electron chi connectivity index (χ0n) is 17.3. The molecule has 0 radical (unpaired) electrons. The summed E-state index contributed by atoms with van der Waals surface area (Å²) in [6.45, 7) is 4.95. The van der Waals surface area contributed by atoms with Gasteiger partial charge in [0.15, 0.2) is 6.61 Å². The molecule has 1 heterocycles. The molecule has 2 aliphatic carbocycles. The molecule has 0 aromatic heterocycles. The van der Waals surface area contributed by atoms with Crippen LogP contribution in [0.5, 0.6) is 0 Å². The molecule has 1 saturated carbocycles. The van der Waals surface area contributed by atoms with E-state index in [0.29, 0.717) is 5.69 Å². The normalized spacial score (nSPS) is 27.5. The summed E-state index contributed by atoms with van der Waals surface area (Å²) in [7, 11) is 0. The number of nitrogens with one attached hydrogen (secondary N) is 1. The molecule has 1 aromatic carbocycles. The van der Waals surface area contributed by atoms with Gasteiger partial charge >= 0.3 is 5.97 Å². The van der Waals surface area contributed by atoms with Gasteiger partial charge in [0.05, 0.1) is 11.8 Å². The number of aryl methyl sites for hydroxylation is 1. The van der Waals surface area contributed by atoms with Gasteiger partial charge in [-0.25, -0.2) is 4.79 Å². The number of imide groups is 1. The topological polar surface area (TPSA) is 92.8 Å². The maximum absolute atomic E-state index is 13.0. The quantitative estimate of drug-likeness (QED) is 0.441. The van der Waals surface area contributed by atoms with Crippen LogP contribution in [-0.2, 0) is 23.9 Å². The molecule has 7 nitrogen and oxygen atoms in total. The average molecular weight is 410 g/mol. The lowest BCUT2D eigenvalue weighted by atomic mass is 9.85. The number of amides is 3. The van der Waals surface area contributed by atoms with Crippen molar-refractivity contribution < 1.29 is 23.9 Å². The molecule has 1 aromatic rings. The summed E-state index contributed by atoms with van der Waals surface area (Å²) in [5.41, 5.74) is 1.60. The predicted octanol–water partition coefficient (Wildman–Crippen LogP) is 2.31. The average Bonchev–Trinajstić information content (AvgIpc) is 3.36. The minimum absolute atomic E-state index is 0.0744. The Balaban J connectivity index is 1.42. The smallest absolute Gasteiger partial charge is 0.330 e. The highest BCUT2D eigenvalue weighted by atomic mass is 16.5. The zero-order chi connectivity index (χ0) is 21.6. The number of anilines is 1. The molecule has 1 aliphatic heterocycles. The van der Waals surface area contributed by atoms with Crippen molar-refractivity contribution >= 4 is 29.4 Å². The second-order valence-electron chi connectivity index (χ2n) is 8.76. The Morgan fingerprint density at radius 3 is 2.33 bits per heavy atom. The Morgan fingerprint density at radius 2 is 1.77 bits per heavy atom. The highest BCUT2D eigenvalue weighted by Crippen LogP contribution is 2.53. The number of carbonyl (C=O) groups excluding carboxylic acids is 4. The van der Waals surface area contributed by atoms with E-state index in [1.807, 2.05) is 31.2 Å². The lowest BCUT2D eigenvalue weighted by Crippen LogP contribution is -2.50. The second-order valence-corrected chi connectivity index (χ2v) is 8.76. The molecule has 2 fully saturated rings. The number of rotatable bonds is 6. The van der Waals surface area contributed by atoms with Gasteiger partial charge in [0.2, 0.25) is 11.8 Å². The van der Waals surface area contributed by atoms with Crippen LogP contribution in [0.4, 0.5) is 5.69 Å². The first-order chi connectivity index (χ1) is 14.3. The van der Waals surface area contributed by atoms with Crippen molar-refractivity contribution in [3.05, 3.63) is 42.0 Å². The molecule has 7 heteroatoms. The van der Waals surface area contributed by atoms with E-state index >= 15 is 0 Å². The third-order valence-electron chi connectivity index (χ3n) is 6.30. The number of likely N-dealkylation sites (tertiary alicyclic amines) is 1. The van der Waals surface area contributed by atoms with Gasteiger partial charge in [0.25, 0.3) is 5.91 Å². The Bertz CT molecular complexity index is 907. The summed E-state index contributed by atoms with van der Waals surface area (Å²) < 4.78 is 5.22. The molecule has 0 unspecified atom stereocenters. The highest BCUT2D eigenvalue weighted by Gasteiger charge is 2.61. The number of hydrogen-bond donors (Lipinski definition) is 1. The molecule has 3 aliphatic rings. The lowest BCUT2D eigenvalue weighted by molar-refractivity contribution is -0.162. The first-order valence-corrected chi connectivity index (χ1v) is 10.4. The fourth-order valence-corrected chi connectivity index (χ4v) is 5.02. The summed E-state index contributed by atoms with van der Waals surface area (Å²) in [4.78, 5) is 52.2. The molecule has 2 bridgehead atoms. The van der Waals surface area contributed by atoms with Gasteiger partial charge in [-0.15, -0.1) is 0 Å². The van der Waals surface area contributed by atoms with Gasteiger partial charge < -0.3 is 10.1 Å². The molecule has 30 heavy (non-hydrogen) atoms. The Morgan fingerprint density at radius 1 is 1.13 bits per heavy atom. The van der Waals surface area contributed by atoms with Crippen LogP contribution in [0.1, 0.15) is 25.8 Å². The first-order valence-electron chi connectivity index (χ1n) is 10.4. The molecule has 5 atom stereocenters. The van der Waals surface area contributed by atoms with Crippen LogP contribution in [0.15, 0.2) is 36.4 Å². The number of hydrogen-bond acceptors (Lipinski definition) is 5. The molecule has 4 rings (SSSR count). The van der Waals surface area contributed by atoms with Gasteiger partial charge in [-0.2, -0.15) is 0 Å². The van der Waals surface area contributed by atoms with Crippen molar-refractivity contribution in [2.45, 2.75) is 33.2 Å². The van der Waals surface area contributed by atoms with Gasteiger partial charge in [-0.3, -0.25) is 19.3 Å². The van der Waals surface area contributed by atoms with Crippen LogP contribution < -0.4 is 5.32 Å². The minimum Gasteiger partial charge on any atom is -0.454 e.